The molecule has 0 bridgehead atoms. The van der Waals surface area contributed by atoms with Gasteiger partial charge in [0.15, 0.2) is 11.5 Å². The van der Waals surface area contributed by atoms with Crippen molar-refractivity contribution in [3.05, 3.63) is 101 Å². The zero-order valence-corrected chi connectivity index (χ0v) is 22.4. The van der Waals surface area contributed by atoms with E-state index in [-0.39, 0.29) is 5.91 Å². The number of aromatic nitrogens is 3. The van der Waals surface area contributed by atoms with Gasteiger partial charge in [-0.2, -0.15) is 10.1 Å². The number of allylic oxidation sites excluding steroid dienone is 1. The highest BCUT2D eigenvalue weighted by Gasteiger charge is 2.34. The van der Waals surface area contributed by atoms with E-state index in [0.717, 1.165) is 11.1 Å². The summed E-state index contributed by atoms with van der Waals surface area (Å²) in [5.74, 6) is 2.04. The smallest absolute Gasteiger partial charge is 0.255 e. The Kier molecular flexibility index (Phi) is 7.49. The second-order valence-electron chi connectivity index (χ2n) is 9.17. The van der Waals surface area contributed by atoms with Gasteiger partial charge in [-0.25, -0.2) is 4.68 Å². The molecule has 0 saturated heterocycles. The fraction of sp³-hybridized carbons (Fsp3) is 0.233. The number of para-hydroxylation sites is 2. The van der Waals surface area contributed by atoms with Gasteiger partial charge in [0.1, 0.15) is 24.7 Å². The fourth-order valence-corrected chi connectivity index (χ4v) is 4.68. The number of nitrogens with one attached hydrogen (secondary N) is 2. The normalized spacial score (nSPS) is 14.3. The summed E-state index contributed by atoms with van der Waals surface area (Å²) in [5, 5.41) is 10.6. The molecule has 200 valence electrons. The molecule has 1 amide bonds. The molecular weight excluding hydrogens is 494 g/mol. The molecule has 1 aliphatic rings. The Bertz CT molecular complexity index is 1530. The minimum Gasteiger partial charge on any atom is -0.495 e. The van der Waals surface area contributed by atoms with Crippen molar-refractivity contribution in [2.45, 2.75) is 33.4 Å². The van der Waals surface area contributed by atoms with Crippen LogP contribution in [0, 0.1) is 6.92 Å². The zero-order valence-electron chi connectivity index (χ0n) is 22.4. The van der Waals surface area contributed by atoms with E-state index in [2.05, 4.69) is 39.8 Å². The summed E-state index contributed by atoms with van der Waals surface area (Å²) in [6, 6.07) is 20.6. The first kappa shape index (κ1) is 25.8. The highest BCUT2D eigenvalue weighted by molar-refractivity contribution is 6.06. The van der Waals surface area contributed by atoms with Crippen LogP contribution >= 0.6 is 0 Å². The van der Waals surface area contributed by atoms with E-state index in [1.165, 1.54) is 11.9 Å². The van der Waals surface area contributed by atoms with Gasteiger partial charge in [0.2, 0.25) is 5.95 Å². The number of carbonyl (C=O) groups is 1. The Morgan fingerprint density at radius 2 is 1.85 bits per heavy atom. The highest BCUT2D eigenvalue weighted by Crippen LogP contribution is 2.39. The molecule has 2 N–H and O–H groups in total. The van der Waals surface area contributed by atoms with Crippen LogP contribution in [0.15, 0.2) is 84.3 Å². The van der Waals surface area contributed by atoms with Crippen LogP contribution < -0.4 is 24.8 Å². The van der Waals surface area contributed by atoms with E-state index in [1.807, 2.05) is 56.3 Å². The molecule has 0 saturated carbocycles. The molecule has 9 nitrogen and oxygen atoms in total. The average Bonchev–Trinajstić information content (AvgIpc) is 3.40. The van der Waals surface area contributed by atoms with Gasteiger partial charge in [-0.15, -0.1) is 0 Å². The Morgan fingerprint density at radius 3 is 2.64 bits per heavy atom. The fourth-order valence-electron chi connectivity index (χ4n) is 4.68. The topological polar surface area (TPSA) is 99.5 Å². The van der Waals surface area contributed by atoms with Crippen LogP contribution in [-0.4, -0.2) is 34.4 Å². The van der Waals surface area contributed by atoms with E-state index < -0.39 is 6.04 Å². The van der Waals surface area contributed by atoms with Crippen LogP contribution in [0.1, 0.15) is 36.6 Å². The van der Waals surface area contributed by atoms with Crippen molar-refractivity contribution in [1.29, 1.82) is 0 Å². The van der Waals surface area contributed by atoms with Crippen molar-refractivity contribution in [3.63, 3.8) is 0 Å². The summed E-state index contributed by atoms with van der Waals surface area (Å²) in [4.78, 5) is 18.1. The number of hydrogen-bond acceptors (Lipinski definition) is 7. The van der Waals surface area contributed by atoms with Gasteiger partial charge >= 0.3 is 0 Å². The molecule has 1 aromatic heterocycles. The number of methoxy groups -OCH3 is 1. The Morgan fingerprint density at radius 1 is 1.00 bits per heavy atom. The van der Waals surface area contributed by atoms with Crippen molar-refractivity contribution in [3.8, 4) is 17.2 Å². The maximum absolute atomic E-state index is 13.7. The van der Waals surface area contributed by atoms with Crippen molar-refractivity contribution >= 4 is 17.5 Å². The lowest BCUT2D eigenvalue weighted by atomic mass is 9.94. The van der Waals surface area contributed by atoms with Crippen molar-refractivity contribution < 1.29 is 19.0 Å². The molecule has 4 aromatic rings. The third kappa shape index (κ3) is 5.43. The van der Waals surface area contributed by atoms with Gasteiger partial charge in [-0.05, 0) is 56.2 Å². The van der Waals surface area contributed by atoms with Crippen LogP contribution in [0.3, 0.4) is 0 Å². The molecule has 3 aromatic carbocycles. The number of nitrogens with zero attached hydrogens (tertiary/aromatic N) is 3. The monoisotopic (exact) mass is 525 g/mol. The summed E-state index contributed by atoms with van der Waals surface area (Å²) in [6.07, 6.45) is 1.46. The number of fused-ring (bicyclic) bond motifs is 1. The summed E-state index contributed by atoms with van der Waals surface area (Å²) in [5.41, 5.74) is 4.79. The van der Waals surface area contributed by atoms with E-state index in [9.17, 15) is 4.79 Å². The largest absolute Gasteiger partial charge is 0.495 e. The molecule has 0 fully saturated rings. The van der Waals surface area contributed by atoms with Crippen LogP contribution in [0.5, 0.6) is 17.2 Å². The number of aryl methyl sites for hydroxylation is 1. The number of amides is 1. The van der Waals surface area contributed by atoms with Crippen molar-refractivity contribution in [2.75, 3.05) is 24.4 Å². The molecule has 0 spiro atoms. The predicted molar refractivity (Wildman–Crippen MR) is 149 cm³/mol. The molecule has 5 rings (SSSR count). The van der Waals surface area contributed by atoms with E-state index in [0.29, 0.717) is 53.4 Å². The Hall–Kier alpha value is -4.79. The van der Waals surface area contributed by atoms with Crippen LogP contribution in [0.25, 0.3) is 0 Å². The summed E-state index contributed by atoms with van der Waals surface area (Å²) < 4.78 is 19.3. The lowest BCUT2D eigenvalue weighted by Crippen LogP contribution is -2.31. The van der Waals surface area contributed by atoms with Gasteiger partial charge in [-0.1, -0.05) is 48.0 Å². The molecule has 39 heavy (non-hydrogen) atoms. The zero-order chi connectivity index (χ0) is 27.4. The number of anilines is 2. The highest BCUT2D eigenvalue weighted by atomic mass is 16.5. The first-order valence-corrected chi connectivity index (χ1v) is 12.7. The summed E-state index contributed by atoms with van der Waals surface area (Å²) in [6.45, 7) is 6.70. The SMILES string of the molecule is CCOc1cc([C@@H]2C(C(=O)Nc3ccccc3OC)=C(C)Nc3ncnn32)ccc1OCc1cccc(C)c1. The third-order valence-corrected chi connectivity index (χ3v) is 6.45. The molecule has 0 aliphatic carbocycles. The molecule has 1 atom stereocenters. The predicted octanol–water partition coefficient (Wildman–Crippen LogP) is 5.50. The van der Waals surface area contributed by atoms with Gasteiger partial charge < -0.3 is 24.8 Å². The first-order chi connectivity index (χ1) is 19.0. The van der Waals surface area contributed by atoms with Crippen LogP contribution in [0.4, 0.5) is 11.6 Å². The van der Waals surface area contributed by atoms with Gasteiger partial charge in [0.25, 0.3) is 5.91 Å². The van der Waals surface area contributed by atoms with Gasteiger partial charge in [0, 0.05) is 5.70 Å². The maximum Gasteiger partial charge on any atom is 0.255 e. The van der Waals surface area contributed by atoms with Crippen LogP contribution in [-0.2, 0) is 11.4 Å². The second-order valence-corrected chi connectivity index (χ2v) is 9.17. The molecular formula is C30H31N5O4. The van der Waals surface area contributed by atoms with Gasteiger partial charge in [0.05, 0.1) is 25.0 Å². The molecule has 1 aliphatic heterocycles. The second kappa shape index (κ2) is 11.3. The lowest BCUT2D eigenvalue weighted by Gasteiger charge is -2.29. The molecule has 0 radical (unpaired) electrons. The van der Waals surface area contributed by atoms with E-state index in [4.69, 9.17) is 14.2 Å². The Labute approximate surface area is 227 Å². The molecule has 0 unspecified atom stereocenters. The van der Waals surface area contributed by atoms with E-state index >= 15 is 0 Å². The average molecular weight is 526 g/mol. The standard InChI is InChI=1S/C30H31N5O4/c1-5-38-26-16-22(13-14-25(26)39-17-21-10-8-9-19(2)15-21)28-27(20(3)33-30-31-18-32-35(28)30)29(36)34-23-11-6-7-12-24(23)37-4/h6-16,18,28H,5,17H2,1-4H3,(H,34,36)(H,31,32,33)/t28-/m1/s1. The Balaban J connectivity index is 1.50. The number of hydrogen-bond donors (Lipinski definition) is 2. The number of ether oxygens (including phenoxy) is 3. The lowest BCUT2D eigenvalue weighted by molar-refractivity contribution is -0.113. The minimum absolute atomic E-state index is 0.284. The van der Waals surface area contributed by atoms with Crippen molar-refractivity contribution in [2.24, 2.45) is 0 Å². The number of carbonyl (C=O) groups excluding carboxylic acids is 1. The van der Waals surface area contributed by atoms with E-state index in [1.54, 1.807) is 23.9 Å². The molecule has 2 heterocycles. The maximum atomic E-state index is 13.7. The van der Waals surface area contributed by atoms with Gasteiger partial charge in [-0.3, -0.25) is 4.79 Å². The summed E-state index contributed by atoms with van der Waals surface area (Å²) in [7, 11) is 1.57. The third-order valence-electron chi connectivity index (χ3n) is 6.45. The van der Waals surface area contributed by atoms with Crippen LogP contribution in [0.2, 0.25) is 0 Å². The summed E-state index contributed by atoms with van der Waals surface area (Å²) >= 11 is 0. The minimum atomic E-state index is -0.552. The van der Waals surface area contributed by atoms with Crippen molar-refractivity contribution in [1.82, 2.24) is 14.8 Å². The first-order valence-electron chi connectivity index (χ1n) is 12.7. The molecule has 9 heteroatoms. The quantitative estimate of drug-likeness (QED) is 0.298. The number of rotatable bonds is 9. The number of benzene rings is 3.